The maximum Gasteiger partial charge on any atom is 0.00723 e. The first kappa shape index (κ1) is 17.6. The Morgan fingerprint density at radius 2 is 1.50 bits per heavy atom. The molecule has 1 aromatic carbocycles. The van der Waals surface area contributed by atoms with E-state index in [0.29, 0.717) is 10.8 Å². The van der Waals surface area contributed by atoms with Crippen molar-refractivity contribution in [1.29, 1.82) is 0 Å². The molecule has 1 rings (SSSR count). The van der Waals surface area contributed by atoms with Gasteiger partial charge in [0.05, 0.1) is 0 Å². The minimum absolute atomic E-state index is 0.345. The molecule has 1 aromatic rings. The van der Waals surface area contributed by atoms with Gasteiger partial charge >= 0.3 is 0 Å². The molecule has 0 N–H and O–H groups in total. The summed E-state index contributed by atoms with van der Waals surface area (Å²) in [6, 6.07) is 9.21. The largest absolute Gasteiger partial charge is 0.126 e. The Kier molecular flexibility index (Phi) is 6.64. The molecule has 1 heteroatoms. The van der Waals surface area contributed by atoms with Gasteiger partial charge in [0, 0.05) is 10.6 Å². The summed E-state index contributed by atoms with van der Waals surface area (Å²) in [4.78, 5) is 1.40. The van der Waals surface area contributed by atoms with Crippen molar-refractivity contribution >= 4 is 11.8 Å². The van der Waals surface area contributed by atoms with Crippen LogP contribution in [0.1, 0.15) is 66.4 Å². The third-order valence-electron chi connectivity index (χ3n) is 4.62. The smallest absolute Gasteiger partial charge is 0.00723 e. The van der Waals surface area contributed by atoms with Crippen LogP contribution in [-0.4, -0.2) is 5.75 Å². The molecule has 0 aliphatic heterocycles. The second-order valence-electron chi connectivity index (χ2n) is 7.52. The molecule has 0 saturated heterocycles. The van der Waals surface area contributed by atoms with Crippen LogP contribution in [0.3, 0.4) is 0 Å². The van der Waals surface area contributed by atoms with Crippen LogP contribution in [0, 0.1) is 10.8 Å². The van der Waals surface area contributed by atoms with Crippen molar-refractivity contribution < 1.29 is 0 Å². The molecule has 114 valence electrons. The van der Waals surface area contributed by atoms with E-state index in [4.69, 9.17) is 0 Å². The predicted molar refractivity (Wildman–Crippen MR) is 93.6 cm³/mol. The van der Waals surface area contributed by atoms with E-state index in [1.54, 1.807) is 0 Å². The quantitative estimate of drug-likeness (QED) is 0.404. The van der Waals surface area contributed by atoms with Gasteiger partial charge in [-0.2, -0.15) is 0 Å². The van der Waals surface area contributed by atoms with Crippen molar-refractivity contribution in [2.75, 3.05) is 5.75 Å². The molecule has 0 atom stereocenters. The number of hydrogen-bond donors (Lipinski definition) is 0. The minimum Gasteiger partial charge on any atom is -0.126 e. The van der Waals surface area contributed by atoms with E-state index in [2.05, 4.69) is 65.8 Å². The van der Waals surface area contributed by atoms with Crippen molar-refractivity contribution in [1.82, 2.24) is 0 Å². The lowest BCUT2D eigenvalue weighted by atomic mass is 9.71. The summed E-state index contributed by atoms with van der Waals surface area (Å²) in [6.07, 6.45) is 5.19. The van der Waals surface area contributed by atoms with Crippen LogP contribution in [0.2, 0.25) is 0 Å². The van der Waals surface area contributed by atoms with Crippen molar-refractivity contribution in [3.8, 4) is 0 Å². The maximum atomic E-state index is 2.37. The summed E-state index contributed by atoms with van der Waals surface area (Å²) in [6.45, 7) is 14.0. The third-order valence-corrected chi connectivity index (χ3v) is 6.09. The molecule has 0 amide bonds. The van der Waals surface area contributed by atoms with Crippen LogP contribution < -0.4 is 0 Å². The Hall–Kier alpha value is -0.430. The van der Waals surface area contributed by atoms with Gasteiger partial charge < -0.3 is 0 Å². The predicted octanol–water partition coefficient (Wildman–Crippen LogP) is 6.58. The summed E-state index contributed by atoms with van der Waals surface area (Å²) in [5, 5.41) is 0. The molecule has 0 unspecified atom stereocenters. The number of thioether (sulfide) groups is 1. The minimum atomic E-state index is 0.345. The van der Waals surface area contributed by atoms with Gasteiger partial charge in [0.2, 0.25) is 0 Å². The fourth-order valence-corrected chi connectivity index (χ4v) is 3.10. The monoisotopic (exact) mass is 292 g/mol. The Morgan fingerprint density at radius 1 is 0.900 bits per heavy atom. The van der Waals surface area contributed by atoms with Gasteiger partial charge in [-0.1, -0.05) is 66.5 Å². The molecule has 0 fully saturated rings. The van der Waals surface area contributed by atoms with E-state index in [9.17, 15) is 0 Å². The van der Waals surface area contributed by atoms with Crippen LogP contribution in [0.15, 0.2) is 29.2 Å². The van der Waals surface area contributed by atoms with Gasteiger partial charge in [-0.3, -0.25) is 0 Å². The lowest BCUT2D eigenvalue weighted by Crippen LogP contribution is -2.31. The van der Waals surface area contributed by atoms with E-state index in [-0.39, 0.29) is 0 Å². The molecule has 0 bridgehead atoms. The number of aryl methyl sites for hydroxylation is 1. The average Bonchev–Trinajstić information content (AvgIpc) is 2.37. The first-order chi connectivity index (χ1) is 9.26. The second kappa shape index (κ2) is 7.54. The number of unbranched alkanes of at least 4 members (excludes halogenated alkanes) is 2. The molecule has 0 nitrogen and oxygen atoms in total. The van der Waals surface area contributed by atoms with Gasteiger partial charge in [-0.15, -0.1) is 11.8 Å². The highest BCUT2D eigenvalue weighted by Crippen LogP contribution is 2.41. The molecule has 0 aliphatic carbocycles. The Labute approximate surface area is 130 Å². The highest BCUT2D eigenvalue weighted by Gasteiger charge is 2.32. The summed E-state index contributed by atoms with van der Waals surface area (Å²) >= 11 is 1.99. The van der Waals surface area contributed by atoms with Crippen molar-refractivity contribution in [3.63, 3.8) is 0 Å². The van der Waals surface area contributed by atoms with Crippen molar-refractivity contribution in [2.24, 2.45) is 10.8 Å². The second-order valence-corrected chi connectivity index (χ2v) is 8.57. The van der Waals surface area contributed by atoms with Gasteiger partial charge in [0.15, 0.2) is 0 Å². The zero-order chi connectivity index (χ0) is 15.2. The fraction of sp³-hybridized carbons (Fsp3) is 0.684. The van der Waals surface area contributed by atoms with E-state index < -0.39 is 0 Å². The molecule has 0 saturated carbocycles. The lowest BCUT2D eigenvalue weighted by molar-refractivity contribution is 0.162. The van der Waals surface area contributed by atoms with E-state index in [1.807, 2.05) is 11.8 Å². The number of rotatable bonds is 7. The van der Waals surface area contributed by atoms with Crippen LogP contribution in [0.4, 0.5) is 0 Å². The normalized spacial score (nSPS) is 12.7. The molecule has 0 heterocycles. The zero-order valence-corrected chi connectivity index (χ0v) is 15.1. The number of hydrogen-bond acceptors (Lipinski definition) is 1. The van der Waals surface area contributed by atoms with Crippen LogP contribution in [0.5, 0.6) is 0 Å². The standard InChI is InChI=1S/C19H32S/c1-7-8-9-10-16-11-13-17(14-12-16)20-15-19(5,6)18(2,3)4/h11-14H,7-10,15H2,1-6H3. The maximum absolute atomic E-state index is 2.37. The summed E-state index contributed by atoms with van der Waals surface area (Å²) < 4.78 is 0. The fourth-order valence-electron chi connectivity index (χ4n) is 1.81. The van der Waals surface area contributed by atoms with Crippen molar-refractivity contribution in [3.05, 3.63) is 29.8 Å². The molecule has 0 aromatic heterocycles. The van der Waals surface area contributed by atoms with E-state index in [0.717, 1.165) is 0 Å². The Balaban J connectivity index is 2.50. The molecular weight excluding hydrogens is 260 g/mol. The highest BCUT2D eigenvalue weighted by atomic mass is 32.2. The van der Waals surface area contributed by atoms with Crippen molar-refractivity contribution in [2.45, 2.75) is 72.1 Å². The lowest BCUT2D eigenvalue weighted by Gasteiger charge is -2.38. The Morgan fingerprint density at radius 3 is 2.00 bits per heavy atom. The summed E-state index contributed by atoms with van der Waals surface area (Å²) in [5.41, 5.74) is 2.18. The van der Waals surface area contributed by atoms with Gasteiger partial charge in [0.25, 0.3) is 0 Å². The third kappa shape index (κ3) is 5.52. The zero-order valence-electron chi connectivity index (χ0n) is 14.3. The van der Waals surface area contributed by atoms with Gasteiger partial charge in [0.1, 0.15) is 0 Å². The van der Waals surface area contributed by atoms with Crippen LogP contribution in [-0.2, 0) is 6.42 Å². The first-order valence-electron chi connectivity index (χ1n) is 7.98. The topological polar surface area (TPSA) is 0 Å². The van der Waals surface area contributed by atoms with Crippen LogP contribution in [0.25, 0.3) is 0 Å². The molecule has 20 heavy (non-hydrogen) atoms. The highest BCUT2D eigenvalue weighted by molar-refractivity contribution is 7.99. The molecule has 0 radical (unpaired) electrons. The first-order valence-corrected chi connectivity index (χ1v) is 8.96. The molecule has 0 spiro atoms. The molecular formula is C19H32S. The SMILES string of the molecule is CCCCCc1ccc(SCC(C)(C)C(C)(C)C)cc1. The molecule has 0 aliphatic rings. The van der Waals surface area contributed by atoms with E-state index >= 15 is 0 Å². The van der Waals surface area contributed by atoms with Gasteiger partial charge in [-0.25, -0.2) is 0 Å². The Bertz CT molecular complexity index is 381. The van der Waals surface area contributed by atoms with Crippen LogP contribution >= 0.6 is 11.8 Å². The van der Waals surface area contributed by atoms with E-state index in [1.165, 1.54) is 41.9 Å². The average molecular weight is 293 g/mol. The summed E-state index contributed by atoms with van der Waals surface area (Å²) in [7, 11) is 0. The summed E-state index contributed by atoms with van der Waals surface area (Å²) in [5.74, 6) is 1.17. The van der Waals surface area contributed by atoms with Gasteiger partial charge in [-0.05, 0) is 41.4 Å². The number of benzene rings is 1.